The Morgan fingerprint density at radius 2 is 1.00 bits per heavy atom. The molecule has 0 spiro atoms. The summed E-state index contributed by atoms with van der Waals surface area (Å²) in [5.41, 5.74) is 0. The van der Waals surface area contributed by atoms with Crippen LogP contribution in [0.1, 0.15) is 13.8 Å². The molecule has 0 amide bonds. The van der Waals surface area contributed by atoms with Crippen LogP contribution in [0.2, 0.25) is 0 Å². The summed E-state index contributed by atoms with van der Waals surface area (Å²) in [7, 11) is 0. The number of rotatable bonds is 2. The van der Waals surface area contributed by atoms with E-state index in [0.29, 0.717) is 0 Å². The number of carboxylic acid groups (broad SMARTS) is 2. The largest absolute Gasteiger partial charge is 0.479 e. The number of aliphatic hydroxyl groups excluding tert-OH is 2. The van der Waals surface area contributed by atoms with Gasteiger partial charge in [0.05, 0.1) is 0 Å². The third-order valence-electron chi connectivity index (χ3n) is 0.715. The molecule has 0 saturated carbocycles. The first-order valence-electron chi connectivity index (χ1n) is 3.10. The van der Waals surface area contributed by atoms with Gasteiger partial charge < -0.3 is 25.9 Å². The SMILES string of the molecule is C[C@@H](O)C(=O)O.C[C@@H](O)C(=O)O.O. The molecule has 0 heterocycles. The molecule has 7 heteroatoms. The first-order valence-corrected chi connectivity index (χ1v) is 3.10. The van der Waals surface area contributed by atoms with Crippen LogP contribution in [0.15, 0.2) is 0 Å². The highest BCUT2D eigenvalue weighted by atomic mass is 16.4. The number of aliphatic carboxylic acids is 2. The van der Waals surface area contributed by atoms with Gasteiger partial charge in [0.1, 0.15) is 12.2 Å². The molecule has 13 heavy (non-hydrogen) atoms. The fourth-order valence-corrected chi connectivity index (χ4v) is 0. The molecule has 0 bridgehead atoms. The van der Waals surface area contributed by atoms with E-state index in [1.165, 1.54) is 13.8 Å². The van der Waals surface area contributed by atoms with E-state index in [1.807, 2.05) is 0 Å². The fourth-order valence-electron chi connectivity index (χ4n) is 0. The average Bonchev–Trinajstić information content (AvgIpc) is 1.88. The third-order valence-corrected chi connectivity index (χ3v) is 0.715. The average molecular weight is 198 g/mol. The number of aliphatic hydroxyl groups is 2. The molecule has 80 valence electrons. The second-order valence-corrected chi connectivity index (χ2v) is 2.03. The lowest BCUT2D eigenvalue weighted by Crippen LogP contribution is -2.13. The molecule has 0 aromatic carbocycles. The van der Waals surface area contributed by atoms with Gasteiger partial charge in [-0.3, -0.25) is 0 Å². The van der Waals surface area contributed by atoms with Gasteiger partial charge in [-0.15, -0.1) is 0 Å². The fraction of sp³-hybridized carbons (Fsp3) is 0.667. The zero-order valence-corrected chi connectivity index (χ0v) is 7.26. The van der Waals surface area contributed by atoms with E-state index in [-0.39, 0.29) is 5.48 Å². The summed E-state index contributed by atoms with van der Waals surface area (Å²) in [6.07, 6.45) is -2.46. The van der Waals surface area contributed by atoms with Crippen molar-refractivity contribution < 1.29 is 35.5 Å². The van der Waals surface area contributed by atoms with E-state index in [9.17, 15) is 9.59 Å². The van der Waals surface area contributed by atoms with Crippen LogP contribution in [0.4, 0.5) is 0 Å². The summed E-state index contributed by atoms with van der Waals surface area (Å²) >= 11 is 0. The van der Waals surface area contributed by atoms with Crippen LogP contribution >= 0.6 is 0 Å². The lowest BCUT2D eigenvalue weighted by molar-refractivity contribution is -0.146. The molecular weight excluding hydrogens is 184 g/mol. The molecule has 0 aromatic heterocycles. The molecular formula is C6H14O7. The van der Waals surface area contributed by atoms with Crippen LogP contribution in [-0.4, -0.2) is 50.0 Å². The number of carboxylic acids is 2. The molecule has 0 aliphatic heterocycles. The highest BCUT2D eigenvalue weighted by Crippen LogP contribution is 1.73. The Balaban J connectivity index is -0.000000143. The Bertz CT molecular complexity index is 133. The number of hydrogen-bond donors (Lipinski definition) is 4. The Morgan fingerprint density at radius 1 is 0.923 bits per heavy atom. The second kappa shape index (κ2) is 8.91. The van der Waals surface area contributed by atoms with Gasteiger partial charge in [0.25, 0.3) is 0 Å². The summed E-state index contributed by atoms with van der Waals surface area (Å²) in [5.74, 6) is -2.37. The van der Waals surface area contributed by atoms with E-state index >= 15 is 0 Å². The predicted molar refractivity (Wildman–Crippen MR) is 42.2 cm³/mol. The zero-order chi connectivity index (χ0) is 10.3. The topological polar surface area (TPSA) is 147 Å². The van der Waals surface area contributed by atoms with Crippen molar-refractivity contribution in [2.24, 2.45) is 0 Å². The van der Waals surface area contributed by atoms with Crippen molar-refractivity contribution in [2.45, 2.75) is 26.1 Å². The van der Waals surface area contributed by atoms with Crippen LogP contribution < -0.4 is 0 Å². The highest BCUT2D eigenvalue weighted by Gasteiger charge is 2.01. The lowest BCUT2D eigenvalue weighted by atomic mass is 10.4. The standard InChI is InChI=1S/2C3H6O3.H2O/c2*1-2(4)3(5)6;/h2*2,4H,1H3,(H,5,6);1H2/t2*2-;/m11./s1. The Hall–Kier alpha value is -1.18. The molecule has 7 nitrogen and oxygen atoms in total. The molecule has 0 unspecified atom stereocenters. The first kappa shape index (κ1) is 17.8. The van der Waals surface area contributed by atoms with Crippen LogP contribution in [-0.2, 0) is 9.59 Å². The van der Waals surface area contributed by atoms with Gasteiger partial charge in [-0.25, -0.2) is 9.59 Å². The molecule has 0 aliphatic rings. The maximum absolute atomic E-state index is 9.45. The summed E-state index contributed by atoms with van der Waals surface area (Å²) < 4.78 is 0. The molecule has 2 atom stereocenters. The van der Waals surface area contributed by atoms with E-state index in [1.54, 1.807) is 0 Å². The predicted octanol–water partition coefficient (Wildman–Crippen LogP) is -1.92. The summed E-state index contributed by atoms with van der Waals surface area (Å²) in [6.45, 7) is 2.39. The molecule has 6 N–H and O–H groups in total. The summed E-state index contributed by atoms with van der Waals surface area (Å²) in [5, 5.41) is 31.5. The minimum absolute atomic E-state index is 0. The smallest absolute Gasteiger partial charge is 0.332 e. The Kier molecular flexibility index (Phi) is 12.2. The van der Waals surface area contributed by atoms with Crippen molar-refractivity contribution >= 4 is 11.9 Å². The Morgan fingerprint density at radius 3 is 1.00 bits per heavy atom. The summed E-state index contributed by atoms with van der Waals surface area (Å²) in [4.78, 5) is 18.9. The van der Waals surface area contributed by atoms with Crippen molar-refractivity contribution in [3.63, 3.8) is 0 Å². The minimum Gasteiger partial charge on any atom is -0.479 e. The van der Waals surface area contributed by atoms with Gasteiger partial charge in [0, 0.05) is 0 Å². The van der Waals surface area contributed by atoms with Gasteiger partial charge in [-0.05, 0) is 13.8 Å². The van der Waals surface area contributed by atoms with Crippen molar-refractivity contribution in [2.75, 3.05) is 0 Å². The molecule has 0 fully saturated rings. The van der Waals surface area contributed by atoms with Gasteiger partial charge in [-0.1, -0.05) is 0 Å². The van der Waals surface area contributed by atoms with E-state index in [2.05, 4.69) is 0 Å². The van der Waals surface area contributed by atoms with E-state index in [0.717, 1.165) is 0 Å². The number of hydrogen-bond acceptors (Lipinski definition) is 4. The minimum atomic E-state index is -1.23. The van der Waals surface area contributed by atoms with E-state index < -0.39 is 24.1 Å². The zero-order valence-electron chi connectivity index (χ0n) is 7.26. The lowest BCUT2D eigenvalue weighted by Gasteiger charge is -1.89. The monoisotopic (exact) mass is 198 g/mol. The Labute approximate surface area is 74.6 Å². The van der Waals surface area contributed by atoms with Gasteiger partial charge >= 0.3 is 11.9 Å². The maximum atomic E-state index is 9.45. The van der Waals surface area contributed by atoms with Crippen molar-refractivity contribution in [3.05, 3.63) is 0 Å². The third kappa shape index (κ3) is 18.1. The van der Waals surface area contributed by atoms with Gasteiger partial charge in [0.15, 0.2) is 0 Å². The van der Waals surface area contributed by atoms with Crippen molar-refractivity contribution in [3.8, 4) is 0 Å². The normalized spacial score (nSPS) is 12.6. The van der Waals surface area contributed by atoms with Crippen LogP contribution in [0, 0.1) is 0 Å². The van der Waals surface area contributed by atoms with Crippen molar-refractivity contribution in [1.29, 1.82) is 0 Å². The molecule has 0 aliphatic carbocycles. The van der Waals surface area contributed by atoms with Crippen LogP contribution in [0.25, 0.3) is 0 Å². The maximum Gasteiger partial charge on any atom is 0.332 e. The van der Waals surface area contributed by atoms with Gasteiger partial charge in [0.2, 0.25) is 0 Å². The molecule has 0 radical (unpaired) electrons. The van der Waals surface area contributed by atoms with Crippen LogP contribution in [0.5, 0.6) is 0 Å². The first-order chi connectivity index (χ1) is 5.29. The van der Waals surface area contributed by atoms with Crippen molar-refractivity contribution in [1.82, 2.24) is 0 Å². The summed E-state index contributed by atoms with van der Waals surface area (Å²) in [6, 6.07) is 0. The molecule has 0 saturated heterocycles. The second-order valence-electron chi connectivity index (χ2n) is 2.03. The van der Waals surface area contributed by atoms with Crippen LogP contribution in [0.3, 0.4) is 0 Å². The number of carbonyl (C=O) groups is 2. The van der Waals surface area contributed by atoms with Gasteiger partial charge in [-0.2, -0.15) is 0 Å². The quantitative estimate of drug-likeness (QED) is 0.406. The highest BCUT2D eigenvalue weighted by molar-refractivity contribution is 5.71. The molecule has 0 rings (SSSR count). The molecule has 0 aromatic rings. The van der Waals surface area contributed by atoms with E-state index in [4.69, 9.17) is 20.4 Å².